The maximum atomic E-state index is 2.57. The molecule has 0 radical (unpaired) electrons. The Bertz CT molecular complexity index is 2280. The van der Waals surface area contributed by atoms with E-state index in [4.69, 9.17) is 0 Å². The monoisotopic (exact) mass is 645 g/mol. The summed E-state index contributed by atoms with van der Waals surface area (Å²) in [6.45, 7) is 4.82. The number of anilines is 3. The second kappa shape index (κ2) is 10.3. The van der Waals surface area contributed by atoms with Crippen molar-refractivity contribution in [2.24, 2.45) is 23.7 Å². The largest absolute Gasteiger partial charge is 0.310 e. The number of fused-ring (bicyclic) bond motifs is 6. The van der Waals surface area contributed by atoms with Crippen LogP contribution in [0.1, 0.15) is 68.2 Å². The number of hydrogen-bond donors (Lipinski definition) is 0. The summed E-state index contributed by atoms with van der Waals surface area (Å²) in [5, 5.41) is 0. The van der Waals surface area contributed by atoms with Gasteiger partial charge in [-0.25, -0.2) is 0 Å². The van der Waals surface area contributed by atoms with Gasteiger partial charge in [0, 0.05) is 22.2 Å². The van der Waals surface area contributed by atoms with E-state index in [2.05, 4.69) is 158 Å². The molecule has 4 bridgehead atoms. The van der Waals surface area contributed by atoms with Gasteiger partial charge in [0.05, 0.1) is 5.69 Å². The second-order valence-corrected chi connectivity index (χ2v) is 16.6. The standard InChI is InChI=1S/C49H43N/c1-48(2)43-16-8-6-13-39(43)41-15-10-18-46(47(41)48)50(37-21-19-34(20-22-37)33-11-4-3-5-12-33)38-23-24-45-42(30-38)40-14-7-9-17-44(40)49(45)35-26-31-25-32(28-35)29-36(49)27-31/h3-24,30-32,35-36H,25-29H2,1-2H3. The van der Waals surface area contributed by atoms with Crippen LogP contribution < -0.4 is 4.90 Å². The Morgan fingerprint density at radius 2 is 1.02 bits per heavy atom. The molecule has 0 aliphatic heterocycles. The minimum absolute atomic E-state index is 0.126. The fourth-order valence-corrected chi connectivity index (χ4v) is 12.2. The van der Waals surface area contributed by atoms with Crippen LogP contribution in [0.3, 0.4) is 0 Å². The van der Waals surface area contributed by atoms with E-state index >= 15 is 0 Å². The fraction of sp³-hybridized carbons (Fsp3) is 0.265. The third-order valence-corrected chi connectivity index (χ3v) is 13.8. The van der Waals surface area contributed by atoms with E-state index in [0.29, 0.717) is 0 Å². The van der Waals surface area contributed by atoms with Crippen LogP contribution in [-0.4, -0.2) is 0 Å². The topological polar surface area (TPSA) is 3.24 Å². The fourth-order valence-electron chi connectivity index (χ4n) is 12.2. The number of rotatable bonds is 4. The molecule has 1 spiro atoms. The molecule has 6 aliphatic rings. The van der Waals surface area contributed by atoms with E-state index in [1.54, 1.807) is 11.1 Å². The predicted molar refractivity (Wildman–Crippen MR) is 207 cm³/mol. The highest BCUT2D eigenvalue weighted by Gasteiger charge is 2.61. The maximum absolute atomic E-state index is 2.57. The Morgan fingerprint density at radius 1 is 0.460 bits per heavy atom. The predicted octanol–water partition coefficient (Wildman–Crippen LogP) is 12.9. The lowest BCUT2D eigenvalue weighted by Crippen LogP contribution is -2.55. The Kier molecular flexibility index (Phi) is 5.97. The summed E-state index contributed by atoms with van der Waals surface area (Å²) >= 11 is 0. The summed E-state index contributed by atoms with van der Waals surface area (Å²) in [4.78, 5) is 2.56. The van der Waals surface area contributed by atoms with Crippen molar-refractivity contribution in [3.05, 3.63) is 162 Å². The molecule has 0 unspecified atom stereocenters. The van der Waals surface area contributed by atoms with Gasteiger partial charge in [-0.3, -0.25) is 0 Å². The smallest absolute Gasteiger partial charge is 0.0508 e. The maximum Gasteiger partial charge on any atom is 0.0508 e. The second-order valence-electron chi connectivity index (χ2n) is 16.6. The van der Waals surface area contributed by atoms with E-state index in [1.807, 2.05) is 0 Å². The highest BCUT2D eigenvalue weighted by molar-refractivity contribution is 5.93. The summed E-state index contributed by atoms with van der Waals surface area (Å²) in [5.74, 6) is 3.43. The third kappa shape index (κ3) is 3.79. The van der Waals surface area contributed by atoms with Gasteiger partial charge < -0.3 is 4.90 Å². The van der Waals surface area contributed by atoms with Crippen LogP contribution in [0.15, 0.2) is 140 Å². The zero-order valence-electron chi connectivity index (χ0n) is 29.1. The quantitative estimate of drug-likeness (QED) is 0.184. The van der Waals surface area contributed by atoms with Crippen LogP contribution in [0.25, 0.3) is 33.4 Å². The minimum atomic E-state index is -0.126. The van der Waals surface area contributed by atoms with Gasteiger partial charge in [0.15, 0.2) is 0 Å². The summed E-state index contributed by atoms with van der Waals surface area (Å²) in [7, 11) is 0. The molecule has 0 saturated heterocycles. The van der Waals surface area contributed by atoms with Crippen LogP contribution in [0.5, 0.6) is 0 Å². The first kappa shape index (κ1) is 28.9. The Hall–Kier alpha value is -4.88. The Balaban J connectivity index is 1.12. The van der Waals surface area contributed by atoms with Crippen molar-refractivity contribution < 1.29 is 0 Å². The highest BCUT2D eigenvalue weighted by Crippen LogP contribution is 2.69. The molecule has 6 aromatic rings. The summed E-state index contributed by atoms with van der Waals surface area (Å²) in [6.07, 6.45) is 7.13. The van der Waals surface area contributed by atoms with Crippen molar-refractivity contribution in [1.82, 2.24) is 0 Å². The van der Waals surface area contributed by atoms with E-state index in [1.165, 1.54) is 93.7 Å². The molecule has 1 heteroatoms. The summed E-state index contributed by atoms with van der Waals surface area (Å²) in [5.41, 5.74) is 18.0. The van der Waals surface area contributed by atoms with Gasteiger partial charge in [-0.05, 0) is 142 Å². The van der Waals surface area contributed by atoms with Gasteiger partial charge in [-0.15, -0.1) is 0 Å². The molecule has 6 aliphatic carbocycles. The van der Waals surface area contributed by atoms with Crippen molar-refractivity contribution in [3.63, 3.8) is 0 Å². The Labute approximate surface area is 296 Å². The lowest BCUT2D eigenvalue weighted by atomic mass is 9.43. The molecule has 12 rings (SSSR count). The van der Waals surface area contributed by atoms with Crippen molar-refractivity contribution in [3.8, 4) is 33.4 Å². The molecule has 0 heterocycles. The first-order valence-corrected chi connectivity index (χ1v) is 18.9. The van der Waals surface area contributed by atoms with Crippen LogP contribution >= 0.6 is 0 Å². The van der Waals surface area contributed by atoms with Crippen LogP contribution in [0.4, 0.5) is 17.1 Å². The van der Waals surface area contributed by atoms with Crippen molar-refractivity contribution in [1.29, 1.82) is 0 Å². The van der Waals surface area contributed by atoms with Crippen LogP contribution in [0, 0.1) is 23.7 Å². The summed E-state index contributed by atoms with van der Waals surface area (Å²) < 4.78 is 0. The highest BCUT2D eigenvalue weighted by atomic mass is 15.1. The molecule has 4 fully saturated rings. The van der Waals surface area contributed by atoms with Gasteiger partial charge >= 0.3 is 0 Å². The van der Waals surface area contributed by atoms with Crippen molar-refractivity contribution in [2.45, 2.75) is 56.8 Å². The van der Waals surface area contributed by atoms with E-state index < -0.39 is 0 Å². The molecule has 1 nitrogen and oxygen atoms in total. The SMILES string of the molecule is CC1(C)c2ccccc2-c2cccc(N(c3ccc(-c4ccccc4)cc3)c3ccc4c(c3)-c3ccccc3C43C4CC5CC(C4)CC3C5)c21. The number of hydrogen-bond acceptors (Lipinski definition) is 1. The first-order chi connectivity index (χ1) is 24.5. The molecule has 0 amide bonds. The lowest BCUT2D eigenvalue weighted by Gasteiger charge is -2.61. The van der Waals surface area contributed by atoms with Gasteiger partial charge in [0.1, 0.15) is 0 Å². The average molecular weight is 646 g/mol. The Morgan fingerprint density at radius 3 is 1.74 bits per heavy atom. The van der Waals surface area contributed by atoms with Crippen LogP contribution in [-0.2, 0) is 10.8 Å². The average Bonchev–Trinajstić information content (AvgIpc) is 3.57. The van der Waals surface area contributed by atoms with Gasteiger partial charge in [-0.2, -0.15) is 0 Å². The molecule has 50 heavy (non-hydrogen) atoms. The van der Waals surface area contributed by atoms with E-state index in [-0.39, 0.29) is 10.8 Å². The molecule has 0 aromatic heterocycles. The summed E-state index contributed by atoms with van der Waals surface area (Å²) in [6, 6.07) is 53.1. The zero-order chi connectivity index (χ0) is 33.2. The normalized spacial score (nSPS) is 25.6. The molecular formula is C49H43N. The lowest BCUT2D eigenvalue weighted by molar-refractivity contribution is -0.0399. The van der Waals surface area contributed by atoms with Gasteiger partial charge in [0.2, 0.25) is 0 Å². The molecule has 244 valence electrons. The van der Waals surface area contributed by atoms with E-state index in [9.17, 15) is 0 Å². The molecule has 6 aromatic carbocycles. The number of benzene rings is 6. The van der Waals surface area contributed by atoms with Crippen molar-refractivity contribution >= 4 is 17.1 Å². The number of nitrogens with zero attached hydrogens (tertiary/aromatic N) is 1. The molecule has 4 saturated carbocycles. The van der Waals surface area contributed by atoms with Crippen molar-refractivity contribution in [2.75, 3.05) is 4.90 Å². The van der Waals surface area contributed by atoms with E-state index in [0.717, 1.165) is 23.7 Å². The third-order valence-electron chi connectivity index (χ3n) is 13.8. The minimum Gasteiger partial charge on any atom is -0.310 e. The van der Waals surface area contributed by atoms with Gasteiger partial charge in [0.25, 0.3) is 0 Å². The van der Waals surface area contributed by atoms with Crippen LogP contribution in [0.2, 0.25) is 0 Å². The molecule has 0 atom stereocenters. The first-order valence-electron chi connectivity index (χ1n) is 18.9. The molecular weight excluding hydrogens is 603 g/mol. The zero-order valence-corrected chi connectivity index (χ0v) is 29.1. The molecule has 0 N–H and O–H groups in total. The van der Waals surface area contributed by atoms with Gasteiger partial charge in [-0.1, -0.05) is 123 Å².